The summed E-state index contributed by atoms with van der Waals surface area (Å²) in [4.78, 5) is 4.64. The Balaban J connectivity index is 2.25. The minimum Gasteiger partial charge on any atom is -0.476 e. The van der Waals surface area contributed by atoms with E-state index in [4.69, 9.17) is 4.74 Å². The summed E-state index contributed by atoms with van der Waals surface area (Å²) in [7, 11) is 0. The van der Waals surface area contributed by atoms with Crippen molar-refractivity contribution in [2.24, 2.45) is 0 Å². The maximum Gasteiger partial charge on any atom is 0.218 e. The third-order valence-corrected chi connectivity index (χ3v) is 3.16. The highest BCUT2D eigenvalue weighted by molar-refractivity contribution is 5.84. The van der Waals surface area contributed by atoms with Gasteiger partial charge in [-0.3, -0.25) is 0 Å². The zero-order chi connectivity index (χ0) is 11.8. The molecule has 88 valence electrons. The molecule has 0 amide bonds. The normalized spacial score (nSPS) is 15.2. The minimum absolute atomic E-state index is 0.691. The number of benzene rings is 1. The SMILES string of the molecule is Cc1cc(C)c2cc3c(nc2c1)OCCNC3. The van der Waals surface area contributed by atoms with Crippen molar-refractivity contribution in [3.63, 3.8) is 0 Å². The Morgan fingerprint density at radius 3 is 3.00 bits per heavy atom. The summed E-state index contributed by atoms with van der Waals surface area (Å²) in [5.74, 6) is 0.785. The predicted molar refractivity (Wildman–Crippen MR) is 68.4 cm³/mol. The van der Waals surface area contributed by atoms with Crippen molar-refractivity contribution in [2.75, 3.05) is 13.2 Å². The molecule has 0 spiro atoms. The molecule has 0 aliphatic carbocycles. The smallest absolute Gasteiger partial charge is 0.218 e. The number of nitrogens with one attached hydrogen (secondary N) is 1. The lowest BCUT2D eigenvalue weighted by molar-refractivity contribution is 0.315. The Hall–Kier alpha value is -1.61. The van der Waals surface area contributed by atoms with Crippen molar-refractivity contribution in [2.45, 2.75) is 20.4 Å². The van der Waals surface area contributed by atoms with E-state index in [2.05, 4.69) is 42.3 Å². The molecule has 1 aliphatic heterocycles. The first-order chi connectivity index (χ1) is 8.24. The Morgan fingerprint density at radius 2 is 2.12 bits per heavy atom. The third kappa shape index (κ3) is 1.87. The summed E-state index contributed by atoms with van der Waals surface area (Å²) >= 11 is 0. The summed E-state index contributed by atoms with van der Waals surface area (Å²) in [6.45, 7) is 6.64. The third-order valence-electron chi connectivity index (χ3n) is 3.16. The standard InChI is InChI=1S/C14H16N2O/c1-9-5-10(2)12-7-11-8-15-3-4-17-14(11)16-13(12)6-9/h5-7,15H,3-4,8H2,1-2H3. The highest BCUT2D eigenvalue weighted by Gasteiger charge is 2.12. The molecule has 0 saturated heterocycles. The van der Waals surface area contributed by atoms with E-state index in [1.807, 2.05) is 0 Å². The molecule has 3 nitrogen and oxygen atoms in total. The molecule has 1 aromatic heterocycles. The van der Waals surface area contributed by atoms with Crippen LogP contribution in [0.25, 0.3) is 10.9 Å². The highest BCUT2D eigenvalue weighted by Crippen LogP contribution is 2.26. The molecule has 0 atom stereocenters. The number of pyridine rings is 1. The fourth-order valence-corrected chi connectivity index (χ4v) is 2.35. The van der Waals surface area contributed by atoms with Gasteiger partial charge in [-0.2, -0.15) is 0 Å². The minimum atomic E-state index is 0.691. The largest absolute Gasteiger partial charge is 0.476 e. The maximum atomic E-state index is 5.66. The van der Waals surface area contributed by atoms with Crippen LogP contribution in [-0.4, -0.2) is 18.1 Å². The van der Waals surface area contributed by atoms with Gasteiger partial charge in [0.05, 0.1) is 5.52 Å². The number of hydrogen-bond acceptors (Lipinski definition) is 3. The number of ether oxygens (including phenoxy) is 1. The van der Waals surface area contributed by atoms with E-state index in [1.165, 1.54) is 16.5 Å². The summed E-state index contributed by atoms with van der Waals surface area (Å²) in [6, 6.07) is 6.51. The van der Waals surface area contributed by atoms with Gasteiger partial charge in [0.25, 0.3) is 0 Å². The number of aromatic nitrogens is 1. The van der Waals surface area contributed by atoms with Crippen molar-refractivity contribution in [3.8, 4) is 5.88 Å². The molecule has 2 aromatic rings. The topological polar surface area (TPSA) is 34.1 Å². The van der Waals surface area contributed by atoms with Crippen LogP contribution in [0.1, 0.15) is 16.7 Å². The second-order valence-electron chi connectivity index (χ2n) is 4.63. The van der Waals surface area contributed by atoms with E-state index in [0.717, 1.165) is 30.0 Å². The Bertz CT molecular complexity index is 578. The Labute approximate surface area is 101 Å². The van der Waals surface area contributed by atoms with Gasteiger partial charge in [0.2, 0.25) is 5.88 Å². The van der Waals surface area contributed by atoms with Crippen LogP contribution in [0.15, 0.2) is 18.2 Å². The predicted octanol–water partition coefficient (Wildman–Crippen LogP) is 2.33. The maximum absolute atomic E-state index is 5.66. The Morgan fingerprint density at radius 1 is 1.24 bits per heavy atom. The summed E-state index contributed by atoms with van der Waals surface area (Å²) < 4.78 is 5.66. The molecule has 0 fully saturated rings. The van der Waals surface area contributed by atoms with E-state index in [0.29, 0.717) is 6.61 Å². The molecule has 0 unspecified atom stereocenters. The van der Waals surface area contributed by atoms with Gasteiger partial charge in [0.1, 0.15) is 6.61 Å². The van der Waals surface area contributed by atoms with Gasteiger partial charge in [-0.25, -0.2) is 4.98 Å². The zero-order valence-electron chi connectivity index (χ0n) is 10.2. The molecule has 1 aromatic carbocycles. The van der Waals surface area contributed by atoms with E-state index in [9.17, 15) is 0 Å². The number of aryl methyl sites for hydroxylation is 2. The van der Waals surface area contributed by atoms with Gasteiger partial charge in [0, 0.05) is 24.0 Å². The first-order valence-electron chi connectivity index (χ1n) is 5.98. The van der Waals surface area contributed by atoms with Gasteiger partial charge >= 0.3 is 0 Å². The lowest BCUT2D eigenvalue weighted by Gasteiger charge is -2.09. The first kappa shape index (κ1) is 10.5. The molecular weight excluding hydrogens is 212 g/mol. The van der Waals surface area contributed by atoms with E-state index >= 15 is 0 Å². The molecule has 1 N–H and O–H groups in total. The molecule has 0 saturated carbocycles. The highest BCUT2D eigenvalue weighted by atomic mass is 16.5. The van der Waals surface area contributed by atoms with Crippen molar-refractivity contribution in [3.05, 3.63) is 34.9 Å². The van der Waals surface area contributed by atoms with Gasteiger partial charge < -0.3 is 10.1 Å². The van der Waals surface area contributed by atoms with E-state index in [-0.39, 0.29) is 0 Å². The summed E-state index contributed by atoms with van der Waals surface area (Å²) in [5, 5.41) is 4.56. The second-order valence-corrected chi connectivity index (χ2v) is 4.63. The zero-order valence-corrected chi connectivity index (χ0v) is 10.2. The van der Waals surface area contributed by atoms with Crippen LogP contribution in [0.4, 0.5) is 0 Å². The Kier molecular flexibility index (Phi) is 2.48. The molecule has 1 aliphatic rings. The number of nitrogens with zero attached hydrogens (tertiary/aromatic N) is 1. The van der Waals surface area contributed by atoms with Crippen LogP contribution >= 0.6 is 0 Å². The monoisotopic (exact) mass is 228 g/mol. The number of rotatable bonds is 0. The second kappa shape index (κ2) is 4.00. The van der Waals surface area contributed by atoms with Crippen LogP contribution in [0.2, 0.25) is 0 Å². The summed E-state index contributed by atoms with van der Waals surface area (Å²) in [6.07, 6.45) is 0. The lowest BCUT2D eigenvalue weighted by Crippen LogP contribution is -2.16. The van der Waals surface area contributed by atoms with Crippen molar-refractivity contribution >= 4 is 10.9 Å². The lowest BCUT2D eigenvalue weighted by atomic mass is 10.0. The molecule has 0 bridgehead atoms. The summed E-state index contributed by atoms with van der Waals surface area (Å²) in [5.41, 5.74) is 4.71. The van der Waals surface area contributed by atoms with E-state index in [1.54, 1.807) is 0 Å². The van der Waals surface area contributed by atoms with Crippen LogP contribution < -0.4 is 10.1 Å². The van der Waals surface area contributed by atoms with Crippen LogP contribution in [0.3, 0.4) is 0 Å². The average molecular weight is 228 g/mol. The van der Waals surface area contributed by atoms with Crippen molar-refractivity contribution in [1.82, 2.24) is 10.3 Å². The van der Waals surface area contributed by atoms with Crippen molar-refractivity contribution < 1.29 is 4.74 Å². The quantitative estimate of drug-likeness (QED) is 0.751. The van der Waals surface area contributed by atoms with Crippen LogP contribution in [-0.2, 0) is 6.54 Å². The molecule has 0 radical (unpaired) electrons. The fourth-order valence-electron chi connectivity index (χ4n) is 2.35. The van der Waals surface area contributed by atoms with Crippen LogP contribution in [0.5, 0.6) is 5.88 Å². The molecular formula is C14H16N2O. The molecule has 3 heteroatoms. The fraction of sp³-hybridized carbons (Fsp3) is 0.357. The van der Waals surface area contributed by atoms with Crippen LogP contribution in [0, 0.1) is 13.8 Å². The molecule has 17 heavy (non-hydrogen) atoms. The number of hydrogen-bond donors (Lipinski definition) is 1. The van der Waals surface area contributed by atoms with Gasteiger partial charge in [-0.05, 0) is 37.1 Å². The number of fused-ring (bicyclic) bond motifs is 2. The first-order valence-corrected chi connectivity index (χ1v) is 5.98. The molecule has 2 heterocycles. The average Bonchev–Trinajstić information content (AvgIpc) is 2.51. The van der Waals surface area contributed by atoms with Gasteiger partial charge in [0.15, 0.2) is 0 Å². The van der Waals surface area contributed by atoms with Gasteiger partial charge in [-0.15, -0.1) is 0 Å². The van der Waals surface area contributed by atoms with Gasteiger partial charge in [-0.1, -0.05) is 6.07 Å². The van der Waals surface area contributed by atoms with E-state index < -0.39 is 0 Å². The molecule has 3 rings (SSSR count). The van der Waals surface area contributed by atoms with Crippen molar-refractivity contribution in [1.29, 1.82) is 0 Å².